The van der Waals surface area contributed by atoms with Crippen molar-refractivity contribution >= 4 is 11.7 Å². The second kappa shape index (κ2) is 6.89. The number of hydrogen-bond acceptors (Lipinski definition) is 2. The molecule has 0 atom stereocenters. The number of nitrogens with zero attached hydrogens (tertiary/aromatic N) is 1. The first-order chi connectivity index (χ1) is 12.0. The molecule has 1 aromatic heterocycles. The van der Waals surface area contributed by atoms with Gasteiger partial charge in [-0.15, -0.1) is 0 Å². The molecule has 3 nitrogen and oxygen atoms in total. The fraction of sp³-hybridized carbons (Fsp3) is 0.182. The molecule has 25 heavy (non-hydrogen) atoms. The fourth-order valence-electron chi connectivity index (χ4n) is 3.07. The third-order valence-corrected chi connectivity index (χ3v) is 4.28. The van der Waals surface area contributed by atoms with E-state index in [4.69, 9.17) is 0 Å². The molecular weight excluding hydrogens is 308 g/mol. The lowest BCUT2D eigenvalue weighted by molar-refractivity contribution is -0.114. The number of nitrogens with one attached hydrogen (secondary N) is 1. The van der Waals surface area contributed by atoms with Crippen LogP contribution in [-0.4, -0.2) is 10.9 Å². The van der Waals surface area contributed by atoms with Gasteiger partial charge in [-0.1, -0.05) is 42.5 Å². The standard InChI is InChI=1S/C22H22N2O/c1-14-13-21(15(2)12-20(14)18-8-6-5-7-9-18)19-11-10-16(3)23-22(19)24-17(4)25/h5-13H,1-4H3,(H,23,24,25). The van der Waals surface area contributed by atoms with Crippen molar-refractivity contribution in [2.75, 3.05) is 5.32 Å². The van der Waals surface area contributed by atoms with Crippen LogP contribution in [0.3, 0.4) is 0 Å². The molecule has 0 aliphatic heterocycles. The summed E-state index contributed by atoms with van der Waals surface area (Å²) in [7, 11) is 0. The summed E-state index contributed by atoms with van der Waals surface area (Å²) in [6.07, 6.45) is 0. The number of benzene rings is 2. The van der Waals surface area contributed by atoms with Crippen molar-refractivity contribution in [3.63, 3.8) is 0 Å². The van der Waals surface area contributed by atoms with Gasteiger partial charge in [-0.2, -0.15) is 0 Å². The molecular formula is C22H22N2O. The average Bonchev–Trinajstić information content (AvgIpc) is 2.57. The topological polar surface area (TPSA) is 42.0 Å². The first-order valence-corrected chi connectivity index (χ1v) is 8.38. The predicted molar refractivity (Wildman–Crippen MR) is 104 cm³/mol. The molecule has 0 spiro atoms. The van der Waals surface area contributed by atoms with E-state index in [0.717, 1.165) is 22.4 Å². The number of hydrogen-bond donors (Lipinski definition) is 1. The van der Waals surface area contributed by atoms with E-state index in [1.165, 1.54) is 23.6 Å². The van der Waals surface area contributed by atoms with Crippen molar-refractivity contribution in [2.24, 2.45) is 0 Å². The van der Waals surface area contributed by atoms with Crippen LogP contribution >= 0.6 is 0 Å². The Morgan fingerprint density at radius 3 is 2.16 bits per heavy atom. The Kier molecular flexibility index (Phi) is 4.66. The SMILES string of the molecule is CC(=O)Nc1nc(C)ccc1-c1cc(C)c(-c2ccccc2)cc1C. The molecule has 3 aromatic rings. The number of aromatic nitrogens is 1. The Hall–Kier alpha value is -2.94. The second-order valence-corrected chi connectivity index (χ2v) is 6.38. The monoisotopic (exact) mass is 330 g/mol. The van der Waals surface area contributed by atoms with E-state index in [0.29, 0.717) is 5.82 Å². The number of anilines is 1. The average molecular weight is 330 g/mol. The number of pyridine rings is 1. The van der Waals surface area contributed by atoms with Crippen molar-refractivity contribution < 1.29 is 4.79 Å². The van der Waals surface area contributed by atoms with Crippen molar-refractivity contribution in [3.8, 4) is 22.3 Å². The normalized spacial score (nSPS) is 10.6. The van der Waals surface area contributed by atoms with Crippen LogP contribution < -0.4 is 5.32 Å². The molecule has 1 N–H and O–H groups in total. The maximum atomic E-state index is 11.5. The number of amides is 1. The molecule has 0 radical (unpaired) electrons. The summed E-state index contributed by atoms with van der Waals surface area (Å²) in [6.45, 7) is 7.64. The van der Waals surface area contributed by atoms with Gasteiger partial charge in [-0.05, 0) is 60.7 Å². The van der Waals surface area contributed by atoms with Gasteiger partial charge in [0.1, 0.15) is 5.82 Å². The smallest absolute Gasteiger partial charge is 0.222 e. The van der Waals surface area contributed by atoms with E-state index in [-0.39, 0.29) is 5.91 Å². The maximum Gasteiger partial charge on any atom is 0.222 e. The van der Waals surface area contributed by atoms with Gasteiger partial charge in [0.2, 0.25) is 5.91 Å². The lowest BCUT2D eigenvalue weighted by atomic mass is 9.92. The summed E-state index contributed by atoms with van der Waals surface area (Å²) in [4.78, 5) is 16.1. The Morgan fingerprint density at radius 2 is 1.48 bits per heavy atom. The van der Waals surface area contributed by atoms with Crippen LogP contribution in [0.1, 0.15) is 23.7 Å². The van der Waals surface area contributed by atoms with Gasteiger partial charge < -0.3 is 5.32 Å². The third kappa shape index (κ3) is 3.61. The zero-order valence-corrected chi connectivity index (χ0v) is 15.1. The molecule has 0 aliphatic carbocycles. The predicted octanol–water partition coefficient (Wildman–Crippen LogP) is 5.30. The van der Waals surface area contributed by atoms with E-state index < -0.39 is 0 Å². The molecule has 1 amide bonds. The number of rotatable bonds is 3. The van der Waals surface area contributed by atoms with Gasteiger partial charge >= 0.3 is 0 Å². The molecule has 0 unspecified atom stereocenters. The van der Waals surface area contributed by atoms with Gasteiger partial charge in [0.15, 0.2) is 0 Å². The van der Waals surface area contributed by atoms with Crippen LogP contribution in [0.2, 0.25) is 0 Å². The number of carbonyl (C=O) groups is 1. The molecule has 0 saturated carbocycles. The van der Waals surface area contributed by atoms with Crippen molar-refractivity contribution in [1.82, 2.24) is 4.98 Å². The highest BCUT2D eigenvalue weighted by Crippen LogP contribution is 2.34. The minimum atomic E-state index is -0.116. The molecule has 0 aliphatic rings. The van der Waals surface area contributed by atoms with E-state index in [1.807, 2.05) is 25.1 Å². The van der Waals surface area contributed by atoms with Crippen LogP contribution in [0.4, 0.5) is 5.82 Å². The lowest BCUT2D eigenvalue weighted by Crippen LogP contribution is -2.09. The highest BCUT2D eigenvalue weighted by molar-refractivity contribution is 5.93. The quantitative estimate of drug-likeness (QED) is 0.708. The van der Waals surface area contributed by atoms with Crippen LogP contribution in [0.25, 0.3) is 22.3 Å². The number of carbonyl (C=O) groups excluding carboxylic acids is 1. The zero-order chi connectivity index (χ0) is 18.0. The van der Waals surface area contributed by atoms with Gasteiger partial charge in [-0.3, -0.25) is 4.79 Å². The Balaban J connectivity index is 2.13. The van der Waals surface area contributed by atoms with E-state index in [1.54, 1.807) is 0 Å². The van der Waals surface area contributed by atoms with Gasteiger partial charge in [0.25, 0.3) is 0 Å². The first kappa shape index (κ1) is 16.9. The first-order valence-electron chi connectivity index (χ1n) is 8.38. The van der Waals surface area contributed by atoms with Gasteiger partial charge in [0, 0.05) is 18.2 Å². The van der Waals surface area contributed by atoms with E-state index in [9.17, 15) is 4.79 Å². The summed E-state index contributed by atoms with van der Waals surface area (Å²) >= 11 is 0. The largest absolute Gasteiger partial charge is 0.310 e. The summed E-state index contributed by atoms with van der Waals surface area (Å²) in [5.41, 5.74) is 7.70. The van der Waals surface area contributed by atoms with E-state index in [2.05, 4.69) is 60.5 Å². The van der Waals surface area contributed by atoms with Crippen LogP contribution in [-0.2, 0) is 4.79 Å². The van der Waals surface area contributed by atoms with Crippen molar-refractivity contribution in [1.29, 1.82) is 0 Å². The second-order valence-electron chi connectivity index (χ2n) is 6.38. The minimum absolute atomic E-state index is 0.116. The molecule has 3 rings (SSSR count). The van der Waals surface area contributed by atoms with Crippen LogP contribution in [0.15, 0.2) is 54.6 Å². The third-order valence-electron chi connectivity index (χ3n) is 4.28. The van der Waals surface area contributed by atoms with E-state index >= 15 is 0 Å². The minimum Gasteiger partial charge on any atom is -0.310 e. The zero-order valence-electron chi connectivity index (χ0n) is 15.1. The molecule has 2 aromatic carbocycles. The highest BCUT2D eigenvalue weighted by Gasteiger charge is 2.13. The molecule has 3 heteroatoms. The molecule has 1 heterocycles. The Morgan fingerprint density at radius 1 is 0.840 bits per heavy atom. The summed E-state index contributed by atoms with van der Waals surface area (Å²) in [5.74, 6) is 0.497. The summed E-state index contributed by atoms with van der Waals surface area (Å²) in [6, 6.07) is 18.8. The van der Waals surface area contributed by atoms with Crippen LogP contribution in [0.5, 0.6) is 0 Å². The molecule has 0 saturated heterocycles. The summed E-state index contributed by atoms with van der Waals surface area (Å²) in [5, 5.41) is 2.86. The van der Waals surface area contributed by atoms with Gasteiger partial charge in [-0.25, -0.2) is 4.98 Å². The maximum absolute atomic E-state index is 11.5. The van der Waals surface area contributed by atoms with Crippen molar-refractivity contribution in [3.05, 3.63) is 71.4 Å². The molecule has 0 fully saturated rings. The lowest BCUT2D eigenvalue weighted by Gasteiger charge is -2.16. The van der Waals surface area contributed by atoms with Gasteiger partial charge in [0.05, 0.1) is 0 Å². The molecule has 126 valence electrons. The highest BCUT2D eigenvalue weighted by atomic mass is 16.1. The Bertz CT molecular complexity index is 930. The van der Waals surface area contributed by atoms with Crippen LogP contribution in [0, 0.1) is 20.8 Å². The Labute approximate surface area is 148 Å². The van der Waals surface area contributed by atoms with Crippen molar-refractivity contribution in [2.45, 2.75) is 27.7 Å². The molecule has 0 bridgehead atoms. The summed E-state index contributed by atoms with van der Waals surface area (Å²) < 4.78 is 0. The fourth-order valence-corrected chi connectivity index (χ4v) is 3.07. The number of aryl methyl sites for hydroxylation is 3.